The summed E-state index contributed by atoms with van der Waals surface area (Å²) < 4.78 is 0. The molecule has 0 amide bonds. The van der Waals surface area contributed by atoms with E-state index in [1.54, 1.807) is 0 Å². The van der Waals surface area contributed by atoms with Crippen LogP contribution in [0.4, 0.5) is 0 Å². The lowest BCUT2D eigenvalue weighted by Gasteiger charge is -2.11. The van der Waals surface area contributed by atoms with E-state index in [1.165, 1.54) is 44.9 Å². The van der Waals surface area contributed by atoms with Crippen LogP contribution in [-0.4, -0.2) is 0 Å². The smallest absolute Gasteiger partial charge is 0.0355 e. The lowest BCUT2D eigenvalue weighted by Crippen LogP contribution is -1.98. The van der Waals surface area contributed by atoms with Gasteiger partial charge in [-0.15, -0.1) is 0 Å². The minimum absolute atomic E-state index is 0.930. The SMILES string of the molecule is [CH2]CCCC1[CH]CCCCC1. The summed E-state index contributed by atoms with van der Waals surface area (Å²) in [6, 6.07) is 0. The zero-order valence-electron chi connectivity index (χ0n) is 7.52. The molecule has 0 aromatic carbocycles. The highest BCUT2D eigenvalue weighted by Gasteiger charge is 2.10. The third-order valence-corrected chi connectivity index (χ3v) is 2.60. The molecule has 0 heterocycles. The average Bonchev–Trinajstić information content (AvgIpc) is 2.28. The zero-order chi connectivity index (χ0) is 7.94. The first kappa shape index (κ1) is 9.09. The van der Waals surface area contributed by atoms with Gasteiger partial charge in [-0.3, -0.25) is 0 Å². The van der Waals surface area contributed by atoms with Crippen LogP contribution in [0.3, 0.4) is 0 Å². The molecule has 64 valence electrons. The van der Waals surface area contributed by atoms with Gasteiger partial charge in [-0.25, -0.2) is 0 Å². The van der Waals surface area contributed by atoms with Crippen LogP contribution in [0.5, 0.6) is 0 Å². The number of hydrogen-bond donors (Lipinski definition) is 0. The number of hydrogen-bond acceptors (Lipinski definition) is 0. The van der Waals surface area contributed by atoms with Crippen LogP contribution in [0.2, 0.25) is 0 Å². The molecule has 11 heavy (non-hydrogen) atoms. The van der Waals surface area contributed by atoms with Crippen molar-refractivity contribution < 1.29 is 0 Å². The van der Waals surface area contributed by atoms with Crippen LogP contribution in [0.1, 0.15) is 51.4 Å². The third-order valence-electron chi connectivity index (χ3n) is 2.60. The molecule has 0 heteroatoms. The maximum absolute atomic E-state index is 3.88. The van der Waals surface area contributed by atoms with Crippen LogP contribution in [0, 0.1) is 19.3 Å². The third kappa shape index (κ3) is 3.79. The van der Waals surface area contributed by atoms with Gasteiger partial charge < -0.3 is 0 Å². The van der Waals surface area contributed by atoms with Crippen molar-refractivity contribution >= 4 is 0 Å². The van der Waals surface area contributed by atoms with E-state index in [0.717, 1.165) is 12.3 Å². The molecule has 0 spiro atoms. The van der Waals surface area contributed by atoms with Gasteiger partial charge in [0.1, 0.15) is 0 Å². The Balaban J connectivity index is 2.09. The molecule has 1 unspecified atom stereocenters. The Hall–Kier alpha value is 0. The fourth-order valence-electron chi connectivity index (χ4n) is 1.87. The molecule has 1 aliphatic carbocycles. The van der Waals surface area contributed by atoms with Gasteiger partial charge in [-0.2, -0.15) is 0 Å². The van der Waals surface area contributed by atoms with Crippen molar-refractivity contribution in [2.45, 2.75) is 51.4 Å². The molecule has 2 radical (unpaired) electrons. The van der Waals surface area contributed by atoms with Crippen LogP contribution >= 0.6 is 0 Å². The highest BCUT2D eigenvalue weighted by Crippen LogP contribution is 2.25. The van der Waals surface area contributed by atoms with Gasteiger partial charge in [-0.1, -0.05) is 51.9 Å². The summed E-state index contributed by atoms with van der Waals surface area (Å²) in [5.41, 5.74) is 0. The Morgan fingerprint density at radius 2 is 2.18 bits per heavy atom. The second-order valence-corrected chi connectivity index (χ2v) is 3.63. The van der Waals surface area contributed by atoms with Gasteiger partial charge in [0.25, 0.3) is 0 Å². The van der Waals surface area contributed by atoms with Crippen molar-refractivity contribution in [2.75, 3.05) is 0 Å². The molecule has 0 N–H and O–H groups in total. The molecular formula is C11H20. The highest BCUT2D eigenvalue weighted by molar-refractivity contribution is 4.79. The lowest BCUT2D eigenvalue weighted by molar-refractivity contribution is 0.489. The Labute approximate surface area is 71.4 Å². The van der Waals surface area contributed by atoms with Gasteiger partial charge >= 0.3 is 0 Å². The topological polar surface area (TPSA) is 0 Å². The predicted molar refractivity (Wildman–Crippen MR) is 50.1 cm³/mol. The molecule has 0 saturated heterocycles. The van der Waals surface area contributed by atoms with Crippen LogP contribution < -0.4 is 0 Å². The van der Waals surface area contributed by atoms with E-state index in [1.807, 2.05) is 0 Å². The molecule has 1 saturated carbocycles. The van der Waals surface area contributed by atoms with Crippen LogP contribution in [0.25, 0.3) is 0 Å². The van der Waals surface area contributed by atoms with E-state index in [4.69, 9.17) is 0 Å². The first-order valence-electron chi connectivity index (χ1n) is 5.06. The van der Waals surface area contributed by atoms with E-state index < -0.39 is 0 Å². The van der Waals surface area contributed by atoms with E-state index in [2.05, 4.69) is 13.3 Å². The maximum atomic E-state index is 3.88. The summed E-state index contributed by atoms with van der Waals surface area (Å²) in [5, 5.41) is 0. The van der Waals surface area contributed by atoms with Gasteiger partial charge in [0.05, 0.1) is 0 Å². The average molecular weight is 152 g/mol. The standard InChI is InChI=1S/C11H20/c1-2-3-8-11-9-6-4-5-7-10-11/h9,11H,1-8,10H2. The van der Waals surface area contributed by atoms with Crippen molar-refractivity contribution in [1.29, 1.82) is 0 Å². The summed E-state index contributed by atoms with van der Waals surface area (Å²) in [4.78, 5) is 0. The minimum Gasteiger partial charge on any atom is -0.0533 e. The number of unbranched alkanes of at least 4 members (excludes halogenated alkanes) is 1. The Kier molecular flexibility index (Phi) is 4.65. The Bertz CT molecular complexity index is 78.0. The van der Waals surface area contributed by atoms with Crippen molar-refractivity contribution in [1.82, 2.24) is 0 Å². The molecular weight excluding hydrogens is 132 g/mol. The summed E-state index contributed by atoms with van der Waals surface area (Å²) in [7, 11) is 0. The molecule has 1 fully saturated rings. The second-order valence-electron chi connectivity index (χ2n) is 3.63. The molecule has 0 nitrogen and oxygen atoms in total. The maximum Gasteiger partial charge on any atom is -0.0355 e. The minimum atomic E-state index is 0.930. The predicted octanol–water partition coefficient (Wildman–Crippen LogP) is 3.78. The molecule has 0 bridgehead atoms. The van der Waals surface area contributed by atoms with E-state index in [-0.39, 0.29) is 0 Å². The van der Waals surface area contributed by atoms with E-state index in [9.17, 15) is 0 Å². The first-order valence-corrected chi connectivity index (χ1v) is 5.06. The van der Waals surface area contributed by atoms with Gasteiger partial charge in [-0.05, 0) is 18.8 Å². The summed E-state index contributed by atoms with van der Waals surface area (Å²) in [6.07, 6.45) is 13.5. The zero-order valence-corrected chi connectivity index (χ0v) is 7.52. The van der Waals surface area contributed by atoms with Gasteiger partial charge in [0.15, 0.2) is 0 Å². The van der Waals surface area contributed by atoms with Gasteiger partial charge in [0, 0.05) is 0 Å². The second kappa shape index (κ2) is 5.62. The normalized spacial score (nSPS) is 21.5. The molecule has 0 aromatic rings. The fraction of sp³-hybridized carbons (Fsp3) is 0.818. The van der Waals surface area contributed by atoms with E-state index >= 15 is 0 Å². The molecule has 0 aromatic heterocycles. The van der Waals surface area contributed by atoms with Crippen LogP contribution in [-0.2, 0) is 0 Å². The highest BCUT2D eigenvalue weighted by atomic mass is 14.2. The molecule has 1 aliphatic rings. The van der Waals surface area contributed by atoms with Crippen molar-refractivity contribution in [3.05, 3.63) is 13.3 Å². The van der Waals surface area contributed by atoms with Crippen molar-refractivity contribution in [3.63, 3.8) is 0 Å². The van der Waals surface area contributed by atoms with E-state index in [0.29, 0.717) is 0 Å². The van der Waals surface area contributed by atoms with Gasteiger partial charge in [0.2, 0.25) is 0 Å². The monoisotopic (exact) mass is 152 g/mol. The molecule has 1 atom stereocenters. The Morgan fingerprint density at radius 1 is 1.27 bits per heavy atom. The summed E-state index contributed by atoms with van der Waals surface area (Å²) in [5.74, 6) is 0.930. The summed E-state index contributed by atoms with van der Waals surface area (Å²) in [6.45, 7) is 3.88. The summed E-state index contributed by atoms with van der Waals surface area (Å²) >= 11 is 0. The Morgan fingerprint density at radius 3 is 3.00 bits per heavy atom. The molecule has 1 rings (SSSR count). The quantitative estimate of drug-likeness (QED) is 0.540. The van der Waals surface area contributed by atoms with Crippen LogP contribution in [0.15, 0.2) is 0 Å². The number of rotatable bonds is 3. The lowest BCUT2D eigenvalue weighted by atomic mass is 9.94. The first-order chi connectivity index (χ1) is 5.43. The van der Waals surface area contributed by atoms with Crippen molar-refractivity contribution in [2.24, 2.45) is 5.92 Å². The largest absolute Gasteiger partial charge is 0.0533 e. The fourth-order valence-corrected chi connectivity index (χ4v) is 1.87. The van der Waals surface area contributed by atoms with Crippen molar-refractivity contribution in [3.8, 4) is 0 Å². The molecule has 0 aliphatic heterocycles.